The highest BCUT2D eigenvalue weighted by molar-refractivity contribution is 6.00. The molecule has 1 amide bonds. The average Bonchev–Trinajstić information content (AvgIpc) is 2.84. The number of rotatable bonds is 3. The molecule has 0 aliphatic carbocycles. The van der Waals surface area contributed by atoms with Gasteiger partial charge in [0, 0.05) is 30.5 Å². The number of carbonyl (C=O) groups is 1. The van der Waals surface area contributed by atoms with Crippen LogP contribution in [0.5, 0.6) is 0 Å². The van der Waals surface area contributed by atoms with E-state index in [1.807, 2.05) is 26.8 Å². The molecule has 1 aliphatic heterocycles. The fourth-order valence-electron chi connectivity index (χ4n) is 2.39. The van der Waals surface area contributed by atoms with Crippen molar-refractivity contribution in [2.45, 2.75) is 33.6 Å². The lowest BCUT2D eigenvalue weighted by Gasteiger charge is -2.19. The van der Waals surface area contributed by atoms with Gasteiger partial charge in [-0.25, -0.2) is 0 Å². The molecule has 0 saturated carbocycles. The second kappa shape index (κ2) is 5.91. The van der Waals surface area contributed by atoms with E-state index in [9.17, 15) is 4.79 Å². The molecule has 102 valence electrons. The van der Waals surface area contributed by atoms with Crippen LogP contribution in [0.25, 0.3) is 0 Å². The van der Waals surface area contributed by atoms with Crippen LogP contribution < -0.4 is 10.2 Å². The van der Waals surface area contributed by atoms with Gasteiger partial charge in [0.2, 0.25) is 5.91 Å². The standard InChI is InChI=1S/C16H22N2O/c1-12(2)10-16(19)17-15-7-6-14(11-13(15)3)18-8-4-5-9-18/h6-7,10-11H,4-5,8-9H2,1-3H3,(H,17,19). The van der Waals surface area contributed by atoms with Gasteiger partial charge >= 0.3 is 0 Å². The minimum atomic E-state index is -0.0583. The van der Waals surface area contributed by atoms with Crippen LogP contribution in [0.2, 0.25) is 0 Å². The van der Waals surface area contributed by atoms with Gasteiger partial charge < -0.3 is 10.2 Å². The first-order valence-corrected chi connectivity index (χ1v) is 6.88. The van der Waals surface area contributed by atoms with E-state index < -0.39 is 0 Å². The minimum absolute atomic E-state index is 0.0583. The second-order valence-electron chi connectivity index (χ2n) is 5.40. The summed E-state index contributed by atoms with van der Waals surface area (Å²) in [5, 5.41) is 2.93. The molecule has 0 atom stereocenters. The van der Waals surface area contributed by atoms with E-state index in [-0.39, 0.29) is 5.91 Å². The molecule has 1 aliphatic rings. The van der Waals surface area contributed by atoms with Gasteiger partial charge in [0.05, 0.1) is 0 Å². The Labute approximate surface area is 115 Å². The Balaban J connectivity index is 2.10. The van der Waals surface area contributed by atoms with Crippen LogP contribution in [0.3, 0.4) is 0 Å². The van der Waals surface area contributed by atoms with Crippen molar-refractivity contribution in [3.05, 3.63) is 35.4 Å². The highest BCUT2D eigenvalue weighted by atomic mass is 16.1. The van der Waals surface area contributed by atoms with Crippen LogP contribution in [0.15, 0.2) is 29.8 Å². The third kappa shape index (κ3) is 3.60. The molecule has 19 heavy (non-hydrogen) atoms. The van der Waals surface area contributed by atoms with Crippen LogP contribution >= 0.6 is 0 Å². The number of nitrogens with zero attached hydrogens (tertiary/aromatic N) is 1. The topological polar surface area (TPSA) is 32.3 Å². The summed E-state index contributed by atoms with van der Waals surface area (Å²) in [4.78, 5) is 14.1. The number of aryl methyl sites for hydroxylation is 1. The van der Waals surface area contributed by atoms with Crippen molar-refractivity contribution in [1.82, 2.24) is 0 Å². The van der Waals surface area contributed by atoms with E-state index in [0.717, 1.165) is 29.9 Å². The molecule has 1 fully saturated rings. The van der Waals surface area contributed by atoms with Gasteiger partial charge in [-0.05, 0) is 57.4 Å². The summed E-state index contributed by atoms with van der Waals surface area (Å²) in [7, 11) is 0. The van der Waals surface area contributed by atoms with Crippen LogP contribution in [0.1, 0.15) is 32.3 Å². The second-order valence-corrected chi connectivity index (χ2v) is 5.40. The Bertz CT molecular complexity index is 495. The van der Waals surface area contributed by atoms with Gasteiger partial charge in [-0.2, -0.15) is 0 Å². The maximum absolute atomic E-state index is 11.7. The third-order valence-electron chi connectivity index (χ3n) is 3.36. The van der Waals surface area contributed by atoms with E-state index in [1.54, 1.807) is 6.08 Å². The summed E-state index contributed by atoms with van der Waals surface area (Å²) < 4.78 is 0. The van der Waals surface area contributed by atoms with E-state index in [2.05, 4.69) is 22.3 Å². The molecule has 1 heterocycles. The van der Waals surface area contributed by atoms with Crippen molar-refractivity contribution in [2.75, 3.05) is 23.3 Å². The van der Waals surface area contributed by atoms with Gasteiger partial charge in [0.15, 0.2) is 0 Å². The number of carbonyl (C=O) groups excluding carboxylic acids is 1. The molecule has 3 nitrogen and oxygen atoms in total. The zero-order valence-corrected chi connectivity index (χ0v) is 12.0. The molecular weight excluding hydrogens is 236 g/mol. The summed E-state index contributed by atoms with van der Waals surface area (Å²) in [5.41, 5.74) is 4.27. The van der Waals surface area contributed by atoms with E-state index in [1.165, 1.54) is 18.5 Å². The highest BCUT2D eigenvalue weighted by Crippen LogP contribution is 2.25. The normalized spacial score (nSPS) is 14.4. The van der Waals surface area contributed by atoms with E-state index >= 15 is 0 Å². The number of benzene rings is 1. The van der Waals surface area contributed by atoms with Crippen molar-refractivity contribution in [3.63, 3.8) is 0 Å². The molecule has 1 saturated heterocycles. The predicted octanol–water partition coefficient (Wildman–Crippen LogP) is 3.50. The van der Waals surface area contributed by atoms with Crippen LogP contribution in [0, 0.1) is 6.92 Å². The van der Waals surface area contributed by atoms with E-state index in [4.69, 9.17) is 0 Å². The van der Waals surface area contributed by atoms with Crippen molar-refractivity contribution in [2.24, 2.45) is 0 Å². The molecule has 1 N–H and O–H groups in total. The zero-order valence-electron chi connectivity index (χ0n) is 12.0. The monoisotopic (exact) mass is 258 g/mol. The van der Waals surface area contributed by atoms with Gasteiger partial charge in [0.25, 0.3) is 0 Å². The largest absolute Gasteiger partial charge is 0.372 e. The summed E-state index contributed by atoms with van der Waals surface area (Å²) >= 11 is 0. The lowest BCUT2D eigenvalue weighted by molar-refractivity contribution is -0.111. The fraction of sp³-hybridized carbons (Fsp3) is 0.438. The predicted molar refractivity (Wildman–Crippen MR) is 80.7 cm³/mol. The van der Waals surface area contributed by atoms with Crippen LogP contribution in [-0.2, 0) is 4.79 Å². The molecule has 1 aromatic carbocycles. The minimum Gasteiger partial charge on any atom is -0.372 e. The van der Waals surface area contributed by atoms with Gasteiger partial charge in [-0.1, -0.05) is 5.57 Å². The maximum atomic E-state index is 11.7. The highest BCUT2D eigenvalue weighted by Gasteiger charge is 2.13. The van der Waals surface area contributed by atoms with Gasteiger partial charge in [-0.15, -0.1) is 0 Å². The summed E-state index contributed by atoms with van der Waals surface area (Å²) in [6, 6.07) is 6.25. The molecule has 2 rings (SSSR count). The number of allylic oxidation sites excluding steroid dienone is 1. The summed E-state index contributed by atoms with van der Waals surface area (Å²) in [6.07, 6.45) is 4.17. The maximum Gasteiger partial charge on any atom is 0.248 e. The Morgan fingerprint density at radius 1 is 1.26 bits per heavy atom. The Hall–Kier alpha value is -1.77. The molecule has 3 heteroatoms. The molecule has 0 radical (unpaired) electrons. The van der Waals surface area contributed by atoms with Gasteiger partial charge in [0.1, 0.15) is 0 Å². The summed E-state index contributed by atoms with van der Waals surface area (Å²) in [5.74, 6) is -0.0583. The Morgan fingerprint density at radius 3 is 2.53 bits per heavy atom. The lowest BCUT2D eigenvalue weighted by atomic mass is 10.1. The third-order valence-corrected chi connectivity index (χ3v) is 3.36. The quantitative estimate of drug-likeness (QED) is 0.842. The van der Waals surface area contributed by atoms with Crippen molar-refractivity contribution in [3.8, 4) is 0 Å². The number of hydrogen-bond donors (Lipinski definition) is 1. The smallest absolute Gasteiger partial charge is 0.248 e. The first-order chi connectivity index (χ1) is 9.06. The first kappa shape index (κ1) is 13.7. The number of hydrogen-bond acceptors (Lipinski definition) is 2. The number of nitrogens with one attached hydrogen (secondary N) is 1. The molecular formula is C16H22N2O. The van der Waals surface area contributed by atoms with Crippen molar-refractivity contribution < 1.29 is 4.79 Å². The van der Waals surface area contributed by atoms with Gasteiger partial charge in [-0.3, -0.25) is 4.79 Å². The SMILES string of the molecule is CC(C)=CC(=O)Nc1ccc(N2CCCC2)cc1C. The summed E-state index contributed by atoms with van der Waals surface area (Å²) in [6.45, 7) is 8.16. The van der Waals surface area contributed by atoms with Crippen LogP contribution in [-0.4, -0.2) is 19.0 Å². The molecule has 1 aromatic rings. The molecule has 0 aromatic heterocycles. The number of amides is 1. The average molecular weight is 258 g/mol. The Kier molecular flexibility index (Phi) is 4.25. The van der Waals surface area contributed by atoms with Crippen LogP contribution in [0.4, 0.5) is 11.4 Å². The Morgan fingerprint density at radius 2 is 1.95 bits per heavy atom. The molecule has 0 bridgehead atoms. The lowest BCUT2D eigenvalue weighted by Crippen LogP contribution is -2.18. The number of anilines is 2. The first-order valence-electron chi connectivity index (χ1n) is 6.88. The molecule has 0 spiro atoms. The van der Waals surface area contributed by atoms with E-state index in [0.29, 0.717) is 0 Å². The molecule has 0 unspecified atom stereocenters. The van der Waals surface area contributed by atoms with Crippen molar-refractivity contribution >= 4 is 17.3 Å². The zero-order chi connectivity index (χ0) is 13.8. The fourth-order valence-corrected chi connectivity index (χ4v) is 2.39. The van der Waals surface area contributed by atoms with Crippen molar-refractivity contribution in [1.29, 1.82) is 0 Å².